The molecular weight excluding hydrogens is 465 g/mol. The zero-order valence-electron chi connectivity index (χ0n) is 20.3. The largest absolute Gasteiger partial charge is 0.378 e. The third kappa shape index (κ3) is 4.27. The van der Waals surface area contributed by atoms with Crippen LogP contribution in [-0.4, -0.2) is 79.7 Å². The van der Waals surface area contributed by atoms with Gasteiger partial charge in [-0.15, -0.1) is 0 Å². The molecule has 3 aliphatic heterocycles. The van der Waals surface area contributed by atoms with Gasteiger partial charge in [0.2, 0.25) is 11.8 Å². The summed E-state index contributed by atoms with van der Waals surface area (Å²) in [5.41, 5.74) is 2.91. The number of benzene rings is 2. The number of halogens is 1. The summed E-state index contributed by atoms with van der Waals surface area (Å²) < 4.78 is 15.1. The first-order chi connectivity index (χ1) is 17.2. The van der Waals surface area contributed by atoms with Gasteiger partial charge in [-0.05, 0) is 48.4 Å². The molecule has 0 radical (unpaired) electrons. The molecule has 3 aliphatic rings. The Morgan fingerprint density at radius 1 is 1.03 bits per heavy atom. The van der Waals surface area contributed by atoms with Gasteiger partial charge in [-0.1, -0.05) is 0 Å². The highest BCUT2D eigenvalue weighted by Gasteiger charge is 2.40. The van der Waals surface area contributed by atoms with Gasteiger partial charge in [0.25, 0.3) is 11.8 Å². The van der Waals surface area contributed by atoms with Crippen molar-refractivity contribution in [3.63, 3.8) is 0 Å². The van der Waals surface area contributed by atoms with E-state index < -0.39 is 23.7 Å². The van der Waals surface area contributed by atoms with Crippen molar-refractivity contribution in [1.82, 2.24) is 15.1 Å². The summed E-state index contributed by atoms with van der Waals surface area (Å²) in [6.07, 6.45) is 0.423. The molecule has 2 aromatic carbocycles. The van der Waals surface area contributed by atoms with E-state index in [0.29, 0.717) is 43.0 Å². The maximum atomic E-state index is 15.1. The molecule has 9 nitrogen and oxygen atoms in total. The first kappa shape index (κ1) is 23.8. The number of anilines is 2. The number of fused-ring (bicyclic) bond motifs is 1. The summed E-state index contributed by atoms with van der Waals surface area (Å²) in [4.78, 5) is 56.6. The summed E-state index contributed by atoms with van der Waals surface area (Å²) in [7, 11) is 3.88. The van der Waals surface area contributed by atoms with Gasteiger partial charge < -0.3 is 19.6 Å². The van der Waals surface area contributed by atoms with Crippen molar-refractivity contribution in [3.8, 4) is 0 Å². The van der Waals surface area contributed by atoms with E-state index in [4.69, 9.17) is 0 Å². The monoisotopic (exact) mass is 493 g/mol. The average Bonchev–Trinajstić information content (AvgIpc) is 3.18. The van der Waals surface area contributed by atoms with Crippen LogP contribution in [0.4, 0.5) is 15.8 Å². The molecule has 0 saturated carbocycles. The third-order valence-electron chi connectivity index (χ3n) is 7.13. The molecule has 0 bridgehead atoms. The van der Waals surface area contributed by atoms with E-state index in [-0.39, 0.29) is 36.8 Å². The molecule has 2 saturated heterocycles. The lowest BCUT2D eigenvalue weighted by molar-refractivity contribution is -0.136. The van der Waals surface area contributed by atoms with Crippen LogP contribution in [0.2, 0.25) is 0 Å². The number of piperidine rings is 1. The van der Waals surface area contributed by atoms with Crippen LogP contribution in [0.3, 0.4) is 0 Å². The van der Waals surface area contributed by atoms with E-state index in [2.05, 4.69) is 5.32 Å². The van der Waals surface area contributed by atoms with Crippen LogP contribution in [0.15, 0.2) is 36.4 Å². The average molecular weight is 494 g/mol. The number of hydrogen-bond acceptors (Lipinski definition) is 6. The minimum absolute atomic E-state index is 0.0557. The van der Waals surface area contributed by atoms with Gasteiger partial charge in [-0.2, -0.15) is 0 Å². The predicted molar refractivity (Wildman–Crippen MR) is 131 cm³/mol. The first-order valence-electron chi connectivity index (χ1n) is 12.0. The van der Waals surface area contributed by atoms with E-state index >= 15 is 4.39 Å². The van der Waals surface area contributed by atoms with Crippen molar-refractivity contribution in [2.45, 2.75) is 25.4 Å². The highest BCUT2D eigenvalue weighted by Crippen LogP contribution is 2.33. The Morgan fingerprint density at radius 2 is 1.72 bits per heavy atom. The first-order valence-corrected chi connectivity index (χ1v) is 12.0. The Balaban J connectivity index is 1.26. The number of amides is 4. The number of nitrogens with one attached hydrogen (secondary N) is 1. The van der Waals surface area contributed by atoms with Crippen molar-refractivity contribution in [2.24, 2.45) is 0 Å². The van der Waals surface area contributed by atoms with Gasteiger partial charge in [0.1, 0.15) is 11.9 Å². The van der Waals surface area contributed by atoms with E-state index in [1.807, 2.05) is 48.2 Å². The molecular formula is C26H28FN5O4. The molecule has 2 aromatic rings. The zero-order chi connectivity index (χ0) is 25.6. The van der Waals surface area contributed by atoms with Crippen molar-refractivity contribution in [1.29, 1.82) is 0 Å². The molecule has 3 heterocycles. The molecule has 0 aliphatic carbocycles. The molecule has 0 spiro atoms. The van der Waals surface area contributed by atoms with E-state index in [0.717, 1.165) is 5.69 Å². The van der Waals surface area contributed by atoms with E-state index in [1.165, 1.54) is 11.0 Å². The Hall–Kier alpha value is -3.95. The van der Waals surface area contributed by atoms with E-state index in [1.54, 1.807) is 11.0 Å². The summed E-state index contributed by atoms with van der Waals surface area (Å²) in [5, 5.41) is 2.27. The zero-order valence-corrected chi connectivity index (χ0v) is 20.3. The highest BCUT2D eigenvalue weighted by atomic mass is 19.1. The number of hydrogen-bond donors (Lipinski definition) is 1. The van der Waals surface area contributed by atoms with Crippen molar-refractivity contribution < 1.29 is 23.6 Å². The number of carbonyl (C=O) groups excluding carboxylic acids is 4. The molecule has 4 amide bonds. The van der Waals surface area contributed by atoms with Gasteiger partial charge in [0.05, 0.1) is 5.69 Å². The SMILES string of the molecule is CN(C)c1ccc(C(=O)N2CCN(c3cc4c(cc3F)C(=O)N(C3CCC(=O)NC3=O)C4)CC2)cc1. The van der Waals surface area contributed by atoms with Gasteiger partial charge in [-0.25, -0.2) is 4.39 Å². The molecule has 1 N–H and O–H groups in total. The molecule has 188 valence electrons. The van der Waals surface area contributed by atoms with Gasteiger partial charge in [0.15, 0.2) is 0 Å². The lowest BCUT2D eigenvalue weighted by Gasteiger charge is -2.36. The Kier molecular flexibility index (Phi) is 6.11. The second kappa shape index (κ2) is 9.25. The second-order valence-corrected chi connectivity index (χ2v) is 9.58. The number of rotatable bonds is 4. The summed E-state index contributed by atoms with van der Waals surface area (Å²) >= 11 is 0. The molecule has 10 heteroatoms. The number of nitrogens with zero attached hydrogens (tertiary/aromatic N) is 4. The lowest BCUT2D eigenvalue weighted by atomic mass is 10.0. The molecule has 1 atom stereocenters. The van der Waals surface area contributed by atoms with Crippen LogP contribution in [0.5, 0.6) is 0 Å². The van der Waals surface area contributed by atoms with Crippen molar-refractivity contribution in [3.05, 3.63) is 58.9 Å². The number of piperazine rings is 1. The summed E-state index contributed by atoms with van der Waals surface area (Å²) in [6.45, 7) is 2.01. The lowest BCUT2D eigenvalue weighted by Crippen LogP contribution is -2.52. The van der Waals surface area contributed by atoms with Crippen molar-refractivity contribution in [2.75, 3.05) is 50.1 Å². The van der Waals surface area contributed by atoms with Crippen LogP contribution in [0.1, 0.15) is 39.1 Å². The molecule has 2 fully saturated rings. The standard InChI is InChI=1S/C26H28FN5O4/c1-29(2)18-5-3-16(4-6-18)25(35)31-11-9-30(10-12-31)22-13-17-15-32(26(36)19(17)14-20(22)27)21-7-8-23(33)28-24(21)34/h3-6,13-14,21H,7-12,15H2,1-2H3,(H,28,33,34). The smallest absolute Gasteiger partial charge is 0.255 e. The van der Waals surface area contributed by atoms with Gasteiger partial charge in [-0.3, -0.25) is 24.5 Å². The Bertz CT molecular complexity index is 1240. The Morgan fingerprint density at radius 3 is 2.36 bits per heavy atom. The van der Waals surface area contributed by atoms with Gasteiger partial charge in [0, 0.05) is 70.1 Å². The topological polar surface area (TPSA) is 93.3 Å². The second-order valence-electron chi connectivity index (χ2n) is 9.58. The van der Waals surface area contributed by atoms with Crippen LogP contribution >= 0.6 is 0 Å². The summed E-state index contributed by atoms with van der Waals surface area (Å²) in [5.74, 6) is -1.81. The van der Waals surface area contributed by atoms with E-state index in [9.17, 15) is 19.2 Å². The highest BCUT2D eigenvalue weighted by molar-refractivity contribution is 6.05. The minimum Gasteiger partial charge on any atom is -0.378 e. The maximum Gasteiger partial charge on any atom is 0.255 e. The normalized spacial score (nSPS) is 19.9. The van der Waals surface area contributed by atoms with Crippen LogP contribution in [-0.2, 0) is 16.1 Å². The summed E-state index contributed by atoms with van der Waals surface area (Å²) in [6, 6.07) is 9.61. The minimum atomic E-state index is -0.740. The fourth-order valence-corrected chi connectivity index (χ4v) is 5.05. The third-order valence-corrected chi connectivity index (χ3v) is 7.13. The number of carbonyl (C=O) groups is 4. The maximum absolute atomic E-state index is 15.1. The predicted octanol–water partition coefficient (Wildman–Crippen LogP) is 1.62. The van der Waals surface area contributed by atoms with Crippen LogP contribution in [0.25, 0.3) is 0 Å². The molecule has 5 rings (SSSR count). The van der Waals surface area contributed by atoms with Crippen LogP contribution < -0.4 is 15.1 Å². The fraction of sp³-hybridized carbons (Fsp3) is 0.385. The fourth-order valence-electron chi connectivity index (χ4n) is 5.05. The Labute approximate surface area is 208 Å². The quantitative estimate of drug-likeness (QED) is 0.651. The molecule has 36 heavy (non-hydrogen) atoms. The van der Waals surface area contributed by atoms with Crippen molar-refractivity contribution >= 4 is 35.0 Å². The van der Waals surface area contributed by atoms with Gasteiger partial charge >= 0.3 is 0 Å². The molecule has 0 aromatic heterocycles. The molecule has 1 unspecified atom stereocenters. The van der Waals surface area contributed by atoms with Crippen LogP contribution in [0, 0.1) is 5.82 Å². The number of imide groups is 1.